The zero-order valence-electron chi connectivity index (χ0n) is 72.7. The van der Waals surface area contributed by atoms with Crippen LogP contribution < -0.4 is 126 Å². The minimum atomic E-state index is -0.0174. The molecule has 11 atom stereocenters. The number of hydrogen-bond acceptors (Lipinski definition) is 22. The van der Waals surface area contributed by atoms with Crippen LogP contribution in [0.3, 0.4) is 0 Å². The van der Waals surface area contributed by atoms with Gasteiger partial charge in [0.15, 0.2) is 0 Å². The summed E-state index contributed by atoms with van der Waals surface area (Å²) in [6.45, 7) is 32.7. The second kappa shape index (κ2) is 54.1. The molecule has 11 rings (SSSR count). The van der Waals surface area contributed by atoms with Crippen molar-refractivity contribution in [3.8, 4) is 0 Å². The first-order valence-electron chi connectivity index (χ1n) is 41.8. The van der Waals surface area contributed by atoms with Crippen molar-refractivity contribution in [1.29, 1.82) is 0 Å². The molecular formula is C91H168N22. The standard InChI is InChI=1S/C15H30N2.2C10H22N2.3C8H12N2.2C7H10N2.C6H8N2.C6H14N2.C6H16N2/c1-10-7-12(3-5-14(10)16)9-13-4-6-15(17)11(2)8-13;1-9(2)4-8(12)5-10(3,6-9)7-11;1-9(2,11)8-4-6-10(3,12)7-5-8;1-5-3-7(9)8(10)4-6(5)2;9-5-7-2-1-3-8(4-7)6-10;9-5-7-3-1-2-4-8(7)6-10;1-5-2-3-6(8)7(9)4-5;1-5-6(8)3-2-4-7(5)9;7-5-2-1-3-6(8)4-5;7-5-3-1-2-4-6(5)8;1-6(5-8)3-2-4-7/h10-15H,3-9,16-17H2,1-2H3;2*8H,4-7,11-12H2,1-3H3;3-4H,9-10H2,1-2H3;2*1-4H,5-6,9-10H2;2*2-4H,8-9H2,1H3;1-4H,7-8H2;5-6H,1-4,7-8H2;6H,2-5,7-8H2,1H3. The molecule has 5 saturated carbocycles. The summed E-state index contributed by atoms with van der Waals surface area (Å²) in [6, 6.07) is 39.9. The molecule has 0 heterocycles. The van der Waals surface area contributed by atoms with Crippen LogP contribution >= 0.6 is 0 Å². The van der Waals surface area contributed by atoms with Gasteiger partial charge >= 0.3 is 0 Å². The van der Waals surface area contributed by atoms with Crippen molar-refractivity contribution in [2.24, 2.45) is 127 Å². The van der Waals surface area contributed by atoms with Crippen LogP contribution in [0.5, 0.6) is 0 Å². The predicted octanol–water partition coefficient (Wildman–Crippen LogP) is 12.4. The lowest BCUT2D eigenvalue weighted by Gasteiger charge is -2.45. The van der Waals surface area contributed by atoms with Crippen molar-refractivity contribution >= 4 is 45.5 Å². The van der Waals surface area contributed by atoms with E-state index in [1.165, 1.54) is 94.6 Å². The van der Waals surface area contributed by atoms with Crippen LogP contribution in [0.25, 0.3) is 0 Å². The maximum Gasteiger partial charge on any atom is 0.0550 e. The molecule has 22 heteroatoms. The Bertz CT molecular complexity index is 3330. The highest BCUT2D eigenvalue weighted by Gasteiger charge is 2.39. The van der Waals surface area contributed by atoms with E-state index in [0.29, 0.717) is 95.7 Å². The molecule has 5 aliphatic carbocycles. The van der Waals surface area contributed by atoms with Gasteiger partial charge in [-0.15, -0.1) is 0 Å². The summed E-state index contributed by atoms with van der Waals surface area (Å²) in [5.41, 5.74) is 139. The van der Waals surface area contributed by atoms with Gasteiger partial charge in [0.05, 0.1) is 22.7 Å². The largest absolute Gasteiger partial charge is 0.399 e. The Labute approximate surface area is 685 Å². The van der Waals surface area contributed by atoms with Gasteiger partial charge in [0.25, 0.3) is 0 Å². The molecule has 0 bridgehead atoms. The molecule has 11 unspecified atom stereocenters. The van der Waals surface area contributed by atoms with Crippen LogP contribution in [0, 0.1) is 74.0 Å². The predicted molar refractivity (Wildman–Crippen MR) is 495 cm³/mol. The summed E-state index contributed by atoms with van der Waals surface area (Å²) < 4.78 is 0. The van der Waals surface area contributed by atoms with Crippen LogP contribution in [0.1, 0.15) is 235 Å². The molecular weight excluding hydrogens is 1400 g/mol. The van der Waals surface area contributed by atoms with Gasteiger partial charge in [0, 0.05) is 90.2 Å². The van der Waals surface area contributed by atoms with Crippen LogP contribution in [0.15, 0.2) is 121 Å². The molecule has 44 N–H and O–H groups in total. The average Bonchev–Trinajstić information content (AvgIpc) is 0.818. The van der Waals surface area contributed by atoms with E-state index in [0.717, 1.165) is 133 Å². The van der Waals surface area contributed by atoms with Gasteiger partial charge in [-0.25, -0.2) is 0 Å². The summed E-state index contributed by atoms with van der Waals surface area (Å²) in [6.07, 6.45) is 24.5. The van der Waals surface area contributed by atoms with Crippen LogP contribution in [0.4, 0.5) is 45.5 Å². The number of aryl methyl sites for hydroxylation is 3. The quantitative estimate of drug-likeness (QED) is 0.0506. The summed E-state index contributed by atoms with van der Waals surface area (Å²) >= 11 is 0. The molecule has 0 amide bonds. The summed E-state index contributed by atoms with van der Waals surface area (Å²) in [5.74, 6) is 4.66. The topological polar surface area (TPSA) is 572 Å². The lowest BCUT2D eigenvalue weighted by molar-refractivity contribution is 0.0904. The number of rotatable bonds is 12. The third kappa shape index (κ3) is 44.2. The van der Waals surface area contributed by atoms with Crippen molar-refractivity contribution in [3.63, 3.8) is 0 Å². The first-order chi connectivity index (χ1) is 52.9. The first-order valence-corrected chi connectivity index (χ1v) is 41.8. The molecule has 0 aromatic heterocycles. The van der Waals surface area contributed by atoms with E-state index in [4.69, 9.17) is 126 Å². The van der Waals surface area contributed by atoms with Crippen LogP contribution in [-0.2, 0) is 26.2 Å². The third-order valence-corrected chi connectivity index (χ3v) is 23.0. The van der Waals surface area contributed by atoms with Gasteiger partial charge in [-0.2, -0.15) is 0 Å². The third-order valence-electron chi connectivity index (χ3n) is 23.0. The fourth-order valence-corrected chi connectivity index (χ4v) is 15.3. The highest BCUT2D eigenvalue weighted by molar-refractivity contribution is 5.66. The Morgan fingerprint density at radius 2 is 0.912 bits per heavy atom. The Morgan fingerprint density at radius 3 is 1.26 bits per heavy atom. The minimum Gasteiger partial charge on any atom is -0.399 e. The van der Waals surface area contributed by atoms with E-state index in [-0.39, 0.29) is 28.6 Å². The maximum atomic E-state index is 6.10. The number of nitrogen functional groups attached to an aromatic ring is 8. The molecule has 642 valence electrons. The minimum absolute atomic E-state index is 0.0174. The molecule has 0 saturated heterocycles. The number of nitrogens with two attached hydrogens (primary N) is 22. The normalized spacial score (nSPS) is 24.2. The monoisotopic (exact) mass is 1570 g/mol. The Balaban J connectivity index is 0.000000626. The van der Waals surface area contributed by atoms with Crippen molar-refractivity contribution in [2.45, 2.75) is 286 Å². The smallest absolute Gasteiger partial charge is 0.0550 e. The van der Waals surface area contributed by atoms with Crippen molar-refractivity contribution in [3.05, 3.63) is 166 Å². The zero-order valence-corrected chi connectivity index (χ0v) is 72.7. The van der Waals surface area contributed by atoms with Gasteiger partial charge in [0.1, 0.15) is 0 Å². The van der Waals surface area contributed by atoms with Gasteiger partial charge in [-0.1, -0.05) is 121 Å². The fraction of sp³-hybridized carbons (Fsp3) is 0.604. The number of benzene rings is 6. The van der Waals surface area contributed by atoms with Crippen LogP contribution in [0.2, 0.25) is 0 Å². The Morgan fingerprint density at radius 1 is 0.469 bits per heavy atom. The van der Waals surface area contributed by atoms with Gasteiger partial charge in [-0.3, -0.25) is 0 Å². The molecule has 0 aliphatic heterocycles. The molecule has 5 fully saturated rings. The Hall–Kier alpha value is -6.84. The number of hydrogen-bond donors (Lipinski definition) is 22. The lowest BCUT2D eigenvalue weighted by atomic mass is 9.63. The van der Waals surface area contributed by atoms with E-state index in [1.54, 1.807) is 18.2 Å². The van der Waals surface area contributed by atoms with Crippen LogP contribution in [-0.4, -0.2) is 60.9 Å². The highest BCUT2D eigenvalue weighted by Crippen LogP contribution is 2.45. The van der Waals surface area contributed by atoms with E-state index in [9.17, 15) is 0 Å². The highest BCUT2D eigenvalue weighted by atomic mass is 14.8. The summed E-state index contributed by atoms with van der Waals surface area (Å²) in [5, 5.41) is 0. The number of anilines is 8. The Kier molecular flexibility index (Phi) is 49.9. The van der Waals surface area contributed by atoms with E-state index >= 15 is 0 Å². The SMILES string of the molecule is CC(CN)CCCN.CC1(C)CC(N)CC(C)(CN)C1.CC1(N)CCC(C(C)(C)N)CC1.CC1CC(CC2CCC(N)C(C)C2)CCC1N.Cc1c(N)cccc1N.Cc1cc(N)c(N)cc1C.Cc1ccc(N)c(N)c1.NC1CCCCC1N.NCc1cccc(CN)c1.NCc1ccccc1CN.Nc1cccc(N)c1. The molecule has 0 radical (unpaired) electrons. The second-order valence-electron chi connectivity index (χ2n) is 35.4. The summed E-state index contributed by atoms with van der Waals surface area (Å²) in [7, 11) is 0. The molecule has 5 aliphatic rings. The fourth-order valence-electron chi connectivity index (χ4n) is 15.3. The molecule has 6 aromatic carbocycles. The lowest BCUT2D eigenvalue weighted by Crippen LogP contribution is -2.48. The van der Waals surface area contributed by atoms with E-state index in [2.05, 4.69) is 62.3 Å². The van der Waals surface area contributed by atoms with Gasteiger partial charge in [-0.05, 0) is 329 Å². The first kappa shape index (κ1) is 104. The average molecular weight is 1570 g/mol. The van der Waals surface area contributed by atoms with Crippen molar-refractivity contribution in [2.75, 3.05) is 65.5 Å². The summed E-state index contributed by atoms with van der Waals surface area (Å²) in [4.78, 5) is 0. The molecule has 113 heavy (non-hydrogen) atoms. The van der Waals surface area contributed by atoms with Crippen molar-refractivity contribution < 1.29 is 0 Å². The maximum absolute atomic E-state index is 6.10. The second-order valence-corrected chi connectivity index (χ2v) is 35.4. The van der Waals surface area contributed by atoms with Gasteiger partial charge < -0.3 is 126 Å². The van der Waals surface area contributed by atoms with E-state index in [1.807, 2.05) is 131 Å². The zero-order chi connectivity index (χ0) is 85.8. The molecule has 0 spiro atoms. The molecule has 22 nitrogen and oxygen atoms in total. The van der Waals surface area contributed by atoms with Crippen molar-refractivity contribution in [1.82, 2.24) is 0 Å². The van der Waals surface area contributed by atoms with Gasteiger partial charge in [0.2, 0.25) is 0 Å². The molecule has 6 aromatic rings. The van der Waals surface area contributed by atoms with E-state index < -0.39 is 0 Å².